The minimum absolute atomic E-state index is 0.0184. The van der Waals surface area contributed by atoms with Crippen LogP contribution in [-0.4, -0.2) is 0 Å². The van der Waals surface area contributed by atoms with E-state index in [0.717, 1.165) is 24.2 Å². The number of nitrogens with one attached hydrogen (secondary N) is 1. The summed E-state index contributed by atoms with van der Waals surface area (Å²) < 4.78 is 5.29. The van der Waals surface area contributed by atoms with Gasteiger partial charge in [0.25, 0.3) is 0 Å². The summed E-state index contributed by atoms with van der Waals surface area (Å²) in [7, 11) is 0. The Bertz CT molecular complexity index is 500. The Labute approximate surface area is 116 Å². The average Bonchev–Trinajstić information content (AvgIpc) is 2.87. The van der Waals surface area contributed by atoms with Crippen LogP contribution in [0.1, 0.15) is 23.8 Å². The van der Waals surface area contributed by atoms with Gasteiger partial charge in [-0.1, -0.05) is 29.3 Å². The lowest BCUT2D eigenvalue weighted by atomic mass is 10.0. The highest BCUT2D eigenvalue weighted by atomic mass is 35.5. The van der Waals surface area contributed by atoms with Gasteiger partial charge in [0.1, 0.15) is 5.76 Å². The fourth-order valence-electron chi connectivity index (χ4n) is 1.82. The van der Waals surface area contributed by atoms with Crippen molar-refractivity contribution >= 4 is 23.2 Å². The molecule has 1 aromatic heterocycles. The van der Waals surface area contributed by atoms with Gasteiger partial charge in [0, 0.05) is 12.5 Å². The van der Waals surface area contributed by atoms with Gasteiger partial charge in [0.05, 0.1) is 16.3 Å². The molecule has 0 spiro atoms. The molecule has 3 nitrogen and oxygen atoms in total. The van der Waals surface area contributed by atoms with Crippen LogP contribution in [0.3, 0.4) is 0 Å². The van der Waals surface area contributed by atoms with Crippen LogP contribution in [0.25, 0.3) is 0 Å². The molecule has 1 unspecified atom stereocenters. The van der Waals surface area contributed by atoms with Crippen LogP contribution >= 0.6 is 23.2 Å². The number of hydrazine groups is 1. The Morgan fingerprint density at radius 2 is 2.06 bits per heavy atom. The van der Waals surface area contributed by atoms with Crippen molar-refractivity contribution in [3.05, 3.63) is 58.0 Å². The van der Waals surface area contributed by atoms with Gasteiger partial charge in [-0.05, 0) is 36.2 Å². The lowest BCUT2D eigenvalue weighted by molar-refractivity contribution is 0.458. The molecular formula is C13H14Cl2N2O. The summed E-state index contributed by atoms with van der Waals surface area (Å²) in [5.41, 5.74) is 3.80. The Hall–Kier alpha value is -1.000. The molecule has 0 aliphatic heterocycles. The quantitative estimate of drug-likeness (QED) is 0.650. The topological polar surface area (TPSA) is 51.2 Å². The van der Waals surface area contributed by atoms with Crippen molar-refractivity contribution in [1.29, 1.82) is 0 Å². The van der Waals surface area contributed by atoms with E-state index in [1.54, 1.807) is 12.3 Å². The van der Waals surface area contributed by atoms with Crippen LogP contribution in [0.4, 0.5) is 0 Å². The number of benzene rings is 1. The standard InChI is InChI=1S/C13H14Cl2N2O/c14-11-5-3-9(8-12(11)15)13(17-16)6-4-10-2-1-7-18-10/h1-3,5,7-8,13,17H,4,6,16H2. The number of aryl methyl sites for hydroxylation is 1. The lowest BCUT2D eigenvalue weighted by Gasteiger charge is -2.16. The molecule has 0 radical (unpaired) electrons. The summed E-state index contributed by atoms with van der Waals surface area (Å²) in [4.78, 5) is 0. The average molecular weight is 285 g/mol. The van der Waals surface area contributed by atoms with Crippen LogP contribution in [0.2, 0.25) is 10.0 Å². The number of halogens is 2. The predicted molar refractivity (Wildman–Crippen MR) is 73.6 cm³/mol. The Morgan fingerprint density at radius 3 is 2.67 bits per heavy atom. The number of hydrogen-bond donors (Lipinski definition) is 2. The zero-order chi connectivity index (χ0) is 13.0. The summed E-state index contributed by atoms with van der Waals surface area (Å²) in [6.45, 7) is 0. The maximum atomic E-state index is 6.00. The van der Waals surface area contributed by atoms with Crippen molar-refractivity contribution in [2.45, 2.75) is 18.9 Å². The van der Waals surface area contributed by atoms with E-state index in [0.29, 0.717) is 10.0 Å². The normalized spacial score (nSPS) is 12.6. The van der Waals surface area contributed by atoms with Crippen LogP contribution in [0.5, 0.6) is 0 Å². The molecule has 3 N–H and O–H groups in total. The third-order valence-corrected chi connectivity index (χ3v) is 3.55. The molecule has 2 aromatic rings. The number of rotatable bonds is 5. The highest BCUT2D eigenvalue weighted by Crippen LogP contribution is 2.27. The van der Waals surface area contributed by atoms with Crippen molar-refractivity contribution < 1.29 is 4.42 Å². The second kappa shape index (κ2) is 6.25. The first-order chi connectivity index (χ1) is 8.70. The Morgan fingerprint density at radius 1 is 1.22 bits per heavy atom. The monoisotopic (exact) mass is 284 g/mol. The van der Waals surface area contributed by atoms with Crippen LogP contribution in [-0.2, 0) is 6.42 Å². The molecule has 2 rings (SSSR count). The third-order valence-electron chi connectivity index (χ3n) is 2.81. The zero-order valence-corrected chi connectivity index (χ0v) is 11.2. The summed E-state index contributed by atoms with van der Waals surface area (Å²) in [6, 6.07) is 9.36. The molecule has 0 saturated carbocycles. The van der Waals surface area contributed by atoms with E-state index in [4.69, 9.17) is 33.5 Å². The smallest absolute Gasteiger partial charge is 0.103 e. The van der Waals surface area contributed by atoms with E-state index in [9.17, 15) is 0 Å². The predicted octanol–water partition coefficient (Wildman–Crippen LogP) is 3.72. The Kier molecular flexibility index (Phi) is 4.66. The Balaban J connectivity index is 2.05. The third kappa shape index (κ3) is 3.27. The van der Waals surface area contributed by atoms with Crippen molar-refractivity contribution in [2.75, 3.05) is 0 Å². The minimum atomic E-state index is 0.0184. The van der Waals surface area contributed by atoms with Gasteiger partial charge in [0.2, 0.25) is 0 Å². The van der Waals surface area contributed by atoms with E-state index >= 15 is 0 Å². The van der Waals surface area contributed by atoms with Crippen molar-refractivity contribution in [3.63, 3.8) is 0 Å². The van der Waals surface area contributed by atoms with Gasteiger partial charge in [-0.25, -0.2) is 0 Å². The lowest BCUT2D eigenvalue weighted by Crippen LogP contribution is -2.28. The minimum Gasteiger partial charge on any atom is -0.469 e. The fraction of sp³-hybridized carbons (Fsp3) is 0.231. The molecule has 1 aromatic carbocycles. The van der Waals surface area contributed by atoms with Crippen LogP contribution in [0.15, 0.2) is 41.0 Å². The number of nitrogens with two attached hydrogens (primary N) is 1. The maximum Gasteiger partial charge on any atom is 0.103 e. The first kappa shape index (κ1) is 13.4. The molecule has 0 saturated heterocycles. The largest absolute Gasteiger partial charge is 0.469 e. The van der Waals surface area contributed by atoms with Crippen LogP contribution in [0, 0.1) is 0 Å². The molecule has 1 atom stereocenters. The van der Waals surface area contributed by atoms with Gasteiger partial charge in [-0.2, -0.15) is 0 Å². The molecule has 1 heterocycles. The summed E-state index contributed by atoms with van der Waals surface area (Å²) in [6.07, 6.45) is 3.30. The molecule has 0 amide bonds. The van der Waals surface area contributed by atoms with E-state index in [2.05, 4.69) is 5.43 Å². The van der Waals surface area contributed by atoms with E-state index in [-0.39, 0.29) is 6.04 Å². The second-order valence-electron chi connectivity index (χ2n) is 4.01. The molecule has 5 heteroatoms. The summed E-state index contributed by atoms with van der Waals surface area (Å²) in [5, 5.41) is 1.08. The number of furan rings is 1. The van der Waals surface area contributed by atoms with Gasteiger partial charge in [0.15, 0.2) is 0 Å². The van der Waals surface area contributed by atoms with E-state index in [1.165, 1.54) is 0 Å². The highest BCUT2D eigenvalue weighted by molar-refractivity contribution is 6.42. The number of hydrogen-bond acceptors (Lipinski definition) is 3. The van der Waals surface area contributed by atoms with Crippen LogP contribution < -0.4 is 11.3 Å². The first-order valence-corrected chi connectivity index (χ1v) is 6.39. The molecular weight excluding hydrogens is 271 g/mol. The molecule has 0 bridgehead atoms. The SMILES string of the molecule is NNC(CCc1ccco1)c1ccc(Cl)c(Cl)c1. The maximum absolute atomic E-state index is 6.00. The van der Waals surface area contributed by atoms with E-state index in [1.807, 2.05) is 24.3 Å². The highest BCUT2D eigenvalue weighted by Gasteiger charge is 2.12. The van der Waals surface area contributed by atoms with E-state index < -0.39 is 0 Å². The summed E-state index contributed by atoms with van der Waals surface area (Å²) >= 11 is 11.9. The molecule has 96 valence electrons. The second-order valence-corrected chi connectivity index (χ2v) is 4.83. The van der Waals surface area contributed by atoms with Crippen molar-refractivity contribution in [2.24, 2.45) is 5.84 Å². The first-order valence-electron chi connectivity index (χ1n) is 5.64. The van der Waals surface area contributed by atoms with Gasteiger partial charge in [-0.3, -0.25) is 11.3 Å². The molecule has 18 heavy (non-hydrogen) atoms. The van der Waals surface area contributed by atoms with Gasteiger partial charge >= 0.3 is 0 Å². The zero-order valence-electron chi connectivity index (χ0n) is 9.70. The molecule has 0 aliphatic carbocycles. The summed E-state index contributed by atoms with van der Waals surface area (Å²) in [5.74, 6) is 6.52. The van der Waals surface area contributed by atoms with Crippen molar-refractivity contribution in [3.8, 4) is 0 Å². The van der Waals surface area contributed by atoms with Gasteiger partial charge < -0.3 is 4.42 Å². The molecule has 0 fully saturated rings. The fourth-order valence-corrected chi connectivity index (χ4v) is 2.12. The van der Waals surface area contributed by atoms with Crippen molar-refractivity contribution in [1.82, 2.24) is 5.43 Å². The van der Waals surface area contributed by atoms with Gasteiger partial charge in [-0.15, -0.1) is 0 Å². The molecule has 0 aliphatic rings.